The van der Waals surface area contributed by atoms with E-state index in [0.29, 0.717) is 12.0 Å². The van der Waals surface area contributed by atoms with Gasteiger partial charge in [0.1, 0.15) is 0 Å². The zero-order valence-corrected chi connectivity index (χ0v) is 29.1. The van der Waals surface area contributed by atoms with Gasteiger partial charge in [-0.2, -0.15) is 5.26 Å². The topological polar surface area (TPSA) is 36.1 Å². The zero-order valence-electron chi connectivity index (χ0n) is 29.1. The Morgan fingerprint density at radius 2 is 0.981 bits per heavy atom. The molecule has 1 aliphatic heterocycles. The number of rotatable bonds is 5. The van der Waals surface area contributed by atoms with Gasteiger partial charge in [-0.05, 0) is 107 Å². The summed E-state index contributed by atoms with van der Waals surface area (Å²) in [6, 6.07) is 62.0. The van der Waals surface area contributed by atoms with Gasteiger partial charge in [0.05, 0.1) is 23.0 Å². The molecule has 9 rings (SSSR count). The van der Waals surface area contributed by atoms with E-state index in [4.69, 9.17) is 4.99 Å². The lowest BCUT2D eigenvalue weighted by Gasteiger charge is -2.17. The predicted octanol–water partition coefficient (Wildman–Crippen LogP) is 13.2. The first-order chi connectivity index (χ1) is 26.1. The number of nitriles is 1. The van der Waals surface area contributed by atoms with Crippen molar-refractivity contribution < 1.29 is 0 Å². The minimum atomic E-state index is 0.596. The third kappa shape index (κ3) is 6.05. The maximum Gasteiger partial charge on any atom is 0.0991 e. The van der Waals surface area contributed by atoms with Gasteiger partial charge in [0.2, 0.25) is 0 Å². The van der Waals surface area contributed by atoms with E-state index >= 15 is 0 Å². The van der Waals surface area contributed by atoms with Crippen LogP contribution in [0, 0.1) is 11.3 Å². The van der Waals surface area contributed by atoms with Crippen molar-refractivity contribution in [1.82, 2.24) is 0 Å². The molecule has 248 valence electrons. The molecule has 0 saturated carbocycles. The van der Waals surface area contributed by atoms with E-state index in [1.54, 1.807) is 0 Å². The Morgan fingerprint density at radius 3 is 1.70 bits per heavy atom. The normalized spacial score (nSPS) is 14.2. The first-order valence-corrected chi connectivity index (χ1v) is 17.9. The second-order valence-corrected chi connectivity index (χ2v) is 13.5. The molecule has 0 radical (unpaired) electrons. The van der Waals surface area contributed by atoms with Crippen molar-refractivity contribution >= 4 is 49.3 Å². The number of benzene rings is 8. The van der Waals surface area contributed by atoms with E-state index in [2.05, 4.69) is 164 Å². The first kappa shape index (κ1) is 31.9. The third-order valence-electron chi connectivity index (χ3n) is 10.3. The summed E-state index contributed by atoms with van der Waals surface area (Å²) >= 11 is 0. The van der Waals surface area contributed by atoms with Gasteiger partial charge in [0, 0.05) is 12.0 Å². The third-order valence-corrected chi connectivity index (χ3v) is 10.3. The maximum absolute atomic E-state index is 9.72. The molecule has 8 aromatic carbocycles. The van der Waals surface area contributed by atoms with E-state index < -0.39 is 0 Å². The average molecular weight is 675 g/mol. The van der Waals surface area contributed by atoms with E-state index in [0.717, 1.165) is 50.4 Å². The van der Waals surface area contributed by atoms with E-state index in [-0.39, 0.29) is 0 Å². The Labute approximate surface area is 309 Å². The monoisotopic (exact) mass is 674 g/mol. The zero-order chi connectivity index (χ0) is 35.7. The van der Waals surface area contributed by atoms with E-state index in [1.165, 1.54) is 43.4 Å². The van der Waals surface area contributed by atoms with Crippen molar-refractivity contribution in [3.05, 3.63) is 216 Å². The van der Waals surface area contributed by atoms with E-state index in [9.17, 15) is 5.26 Å². The van der Waals surface area contributed by atoms with Crippen LogP contribution < -0.4 is 0 Å². The van der Waals surface area contributed by atoms with Gasteiger partial charge >= 0.3 is 0 Å². The number of aliphatic imine (C=N–C) groups is 1. The van der Waals surface area contributed by atoms with E-state index in [1.807, 2.05) is 30.3 Å². The molecule has 1 heterocycles. The fourth-order valence-corrected chi connectivity index (χ4v) is 7.62. The summed E-state index contributed by atoms with van der Waals surface area (Å²) < 4.78 is 0. The summed E-state index contributed by atoms with van der Waals surface area (Å²) in [6.45, 7) is 4.51. The van der Waals surface area contributed by atoms with Crippen molar-refractivity contribution in [1.29, 1.82) is 5.26 Å². The molecule has 0 spiro atoms. The Bertz CT molecular complexity index is 2830. The number of nitrogens with zero attached hydrogens (tertiary/aromatic N) is 2. The second-order valence-electron chi connectivity index (χ2n) is 13.5. The standard InChI is InChI=1S/C51H34N2/c1-34-29-51(41-15-9-11-35(30-41)33-52)53-50(28-27-43(34)38-23-21-37(22-24-38)36-12-3-2-4-13-36)42-16-10-14-39(31-42)40-25-26-48-46-19-6-5-17-44(46)45-18-7-8-20-47(45)49(48)32-40/h2-27,29-32H,1,28H2/b43-27?,51-29-,53-50?. The van der Waals surface area contributed by atoms with Gasteiger partial charge in [-0.25, -0.2) is 0 Å². The highest BCUT2D eigenvalue weighted by molar-refractivity contribution is 6.25. The lowest BCUT2D eigenvalue weighted by atomic mass is 9.90. The molecular formula is C51H34N2. The molecule has 0 unspecified atom stereocenters. The number of hydrogen-bond donors (Lipinski definition) is 0. The van der Waals surface area contributed by atoms with Crippen LogP contribution in [0.5, 0.6) is 0 Å². The molecule has 0 saturated heterocycles. The van der Waals surface area contributed by atoms with Gasteiger partial charge < -0.3 is 0 Å². The fraction of sp³-hybridized carbons (Fsp3) is 0.0196. The molecule has 0 N–H and O–H groups in total. The first-order valence-electron chi connectivity index (χ1n) is 17.9. The lowest BCUT2D eigenvalue weighted by Crippen LogP contribution is -2.04. The fourth-order valence-electron chi connectivity index (χ4n) is 7.62. The highest BCUT2D eigenvalue weighted by Crippen LogP contribution is 2.38. The minimum Gasteiger partial charge on any atom is -0.252 e. The average Bonchev–Trinajstić information content (AvgIpc) is 3.22. The molecule has 0 bridgehead atoms. The van der Waals surface area contributed by atoms with Crippen LogP contribution in [0.4, 0.5) is 0 Å². The highest BCUT2D eigenvalue weighted by atomic mass is 14.8. The van der Waals surface area contributed by atoms with Crippen LogP contribution in [0.2, 0.25) is 0 Å². The van der Waals surface area contributed by atoms with Crippen molar-refractivity contribution in [3.8, 4) is 28.3 Å². The Balaban J connectivity index is 1.15. The summed E-state index contributed by atoms with van der Waals surface area (Å²) in [5, 5.41) is 17.3. The van der Waals surface area contributed by atoms with Crippen molar-refractivity contribution in [2.24, 2.45) is 4.99 Å². The SMILES string of the molecule is C=C1/C=C(/c2cccc(C#N)c2)N=C(c2cccc(-c3ccc4c5ccccc5c5ccccc5c4c3)c2)CC=C1c1ccc(-c2ccccc2)cc1. The number of fused-ring (bicyclic) bond motifs is 6. The Hall–Kier alpha value is -7.08. The van der Waals surface area contributed by atoms with Gasteiger partial charge in [0.25, 0.3) is 0 Å². The van der Waals surface area contributed by atoms with Crippen LogP contribution in [0.1, 0.15) is 28.7 Å². The number of allylic oxidation sites excluding steroid dienone is 4. The summed E-state index contributed by atoms with van der Waals surface area (Å²) in [7, 11) is 0. The largest absolute Gasteiger partial charge is 0.252 e. The van der Waals surface area contributed by atoms with Gasteiger partial charge in [-0.1, -0.05) is 158 Å². The molecular weight excluding hydrogens is 641 g/mol. The highest BCUT2D eigenvalue weighted by Gasteiger charge is 2.16. The van der Waals surface area contributed by atoms with Crippen LogP contribution in [-0.2, 0) is 0 Å². The predicted molar refractivity (Wildman–Crippen MR) is 224 cm³/mol. The van der Waals surface area contributed by atoms with Gasteiger partial charge in [-0.15, -0.1) is 0 Å². The summed E-state index contributed by atoms with van der Waals surface area (Å²) in [4.78, 5) is 5.31. The molecule has 0 fully saturated rings. The smallest absolute Gasteiger partial charge is 0.0991 e. The van der Waals surface area contributed by atoms with Crippen LogP contribution in [-0.4, -0.2) is 5.71 Å². The molecule has 0 aromatic heterocycles. The Kier molecular flexibility index (Phi) is 8.16. The van der Waals surface area contributed by atoms with Crippen molar-refractivity contribution in [2.45, 2.75) is 6.42 Å². The van der Waals surface area contributed by atoms with Gasteiger partial charge in [-0.3, -0.25) is 4.99 Å². The quantitative estimate of drug-likeness (QED) is 0.167. The molecule has 8 aromatic rings. The van der Waals surface area contributed by atoms with Crippen LogP contribution in [0.15, 0.2) is 199 Å². The van der Waals surface area contributed by atoms with Crippen molar-refractivity contribution in [3.63, 3.8) is 0 Å². The molecule has 0 atom stereocenters. The molecule has 53 heavy (non-hydrogen) atoms. The summed E-state index contributed by atoms with van der Waals surface area (Å²) in [5.74, 6) is 0. The van der Waals surface area contributed by atoms with Crippen LogP contribution in [0.25, 0.3) is 65.8 Å². The van der Waals surface area contributed by atoms with Gasteiger partial charge in [0.15, 0.2) is 0 Å². The molecule has 1 aliphatic rings. The second kappa shape index (κ2) is 13.6. The van der Waals surface area contributed by atoms with Crippen molar-refractivity contribution in [2.75, 3.05) is 0 Å². The molecule has 2 heteroatoms. The molecule has 0 aliphatic carbocycles. The minimum absolute atomic E-state index is 0.596. The lowest BCUT2D eigenvalue weighted by molar-refractivity contribution is 1.36. The Morgan fingerprint density at radius 1 is 0.453 bits per heavy atom. The number of hydrogen-bond acceptors (Lipinski definition) is 2. The van der Waals surface area contributed by atoms with Crippen LogP contribution in [0.3, 0.4) is 0 Å². The summed E-state index contributed by atoms with van der Waals surface area (Å²) in [6.07, 6.45) is 4.91. The molecule has 2 nitrogen and oxygen atoms in total. The molecule has 0 amide bonds. The maximum atomic E-state index is 9.72. The van der Waals surface area contributed by atoms with Crippen LogP contribution >= 0.6 is 0 Å². The summed E-state index contributed by atoms with van der Waals surface area (Å²) in [5.41, 5.74) is 11.9.